The molecule has 0 amide bonds. The van der Waals surface area contributed by atoms with Gasteiger partial charge in [0.15, 0.2) is 0 Å². The highest BCUT2D eigenvalue weighted by Gasteiger charge is 2.28. The van der Waals surface area contributed by atoms with E-state index in [2.05, 4.69) is 16.9 Å². The predicted octanol–water partition coefficient (Wildman–Crippen LogP) is 1.42. The fraction of sp³-hybridized carbons (Fsp3) is 0.692. The fourth-order valence-corrected chi connectivity index (χ4v) is 2.69. The van der Waals surface area contributed by atoms with Gasteiger partial charge in [0.2, 0.25) is 0 Å². The van der Waals surface area contributed by atoms with E-state index in [9.17, 15) is 9.90 Å². The van der Waals surface area contributed by atoms with Gasteiger partial charge in [0, 0.05) is 25.4 Å². The number of aromatic nitrogens is 2. The summed E-state index contributed by atoms with van der Waals surface area (Å²) in [5, 5.41) is 13.7. The minimum absolute atomic E-state index is 0.330. The van der Waals surface area contributed by atoms with Crippen LogP contribution in [0.2, 0.25) is 0 Å². The van der Waals surface area contributed by atoms with Crippen molar-refractivity contribution in [2.75, 3.05) is 6.54 Å². The van der Waals surface area contributed by atoms with Crippen molar-refractivity contribution in [3.05, 3.63) is 17.5 Å². The van der Waals surface area contributed by atoms with E-state index >= 15 is 0 Å². The molecule has 1 fully saturated rings. The standard InChI is InChI=1S/C13H21N3O2/c1-3-11-10(8-15(2)14-11)9-16-7-5-4-6-12(16)13(17)18/h8,12H,3-7,9H2,1-2H3,(H,17,18). The smallest absolute Gasteiger partial charge is 0.320 e. The molecule has 1 N–H and O–H groups in total. The number of aryl methyl sites for hydroxylation is 2. The van der Waals surface area contributed by atoms with E-state index in [4.69, 9.17) is 0 Å². The van der Waals surface area contributed by atoms with Crippen LogP contribution in [0.15, 0.2) is 6.20 Å². The molecule has 0 bridgehead atoms. The van der Waals surface area contributed by atoms with Crippen LogP contribution in [0, 0.1) is 0 Å². The summed E-state index contributed by atoms with van der Waals surface area (Å²) < 4.78 is 1.81. The number of likely N-dealkylation sites (tertiary alicyclic amines) is 1. The van der Waals surface area contributed by atoms with Gasteiger partial charge in [0.05, 0.1) is 5.69 Å². The molecule has 1 aromatic rings. The van der Waals surface area contributed by atoms with E-state index in [0.29, 0.717) is 6.54 Å². The van der Waals surface area contributed by atoms with E-state index in [-0.39, 0.29) is 6.04 Å². The maximum Gasteiger partial charge on any atom is 0.320 e. The molecule has 5 heteroatoms. The molecule has 1 aromatic heterocycles. The van der Waals surface area contributed by atoms with Gasteiger partial charge in [-0.25, -0.2) is 0 Å². The third-order valence-corrected chi connectivity index (χ3v) is 3.60. The van der Waals surface area contributed by atoms with Gasteiger partial charge < -0.3 is 5.11 Å². The molecule has 1 saturated heterocycles. The highest BCUT2D eigenvalue weighted by atomic mass is 16.4. The zero-order valence-electron chi connectivity index (χ0n) is 11.1. The highest BCUT2D eigenvalue weighted by molar-refractivity contribution is 5.73. The van der Waals surface area contributed by atoms with E-state index in [1.54, 1.807) is 0 Å². The Morgan fingerprint density at radius 1 is 1.56 bits per heavy atom. The summed E-state index contributed by atoms with van der Waals surface area (Å²) in [6.45, 7) is 3.65. The SMILES string of the molecule is CCc1nn(C)cc1CN1CCCCC1C(=O)O. The van der Waals surface area contributed by atoms with Crippen LogP contribution in [0.1, 0.15) is 37.4 Å². The van der Waals surface area contributed by atoms with Gasteiger partial charge in [0.25, 0.3) is 0 Å². The third-order valence-electron chi connectivity index (χ3n) is 3.60. The summed E-state index contributed by atoms with van der Waals surface area (Å²) in [5.74, 6) is -0.698. The summed E-state index contributed by atoms with van der Waals surface area (Å²) in [7, 11) is 1.91. The number of nitrogens with zero attached hydrogens (tertiary/aromatic N) is 3. The van der Waals surface area contributed by atoms with Crippen LogP contribution in [0.3, 0.4) is 0 Å². The third kappa shape index (κ3) is 2.72. The Kier molecular flexibility index (Phi) is 4.01. The number of aliphatic carboxylic acids is 1. The van der Waals surface area contributed by atoms with Crippen LogP contribution < -0.4 is 0 Å². The van der Waals surface area contributed by atoms with Crippen molar-refractivity contribution in [3.8, 4) is 0 Å². The van der Waals surface area contributed by atoms with Gasteiger partial charge in [-0.2, -0.15) is 5.10 Å². The maximum atomic E-state index is 11.3. The van der Waals surface area contributed by atoms with Crippen molar-refractivity contribution in [3.63, 3.8) is 0 Å². The van der Waals surface area contributed by atoms with Crippen LogP contribution in [0.5, 0.6) is 0 Å². The maximum absolute atomic E-state index is 11.3. The van der Waals surface area contributed by atoms with E-state index in [0.717, 1.165) is 43.5 Å². The molecule has 1 aliphatic heterocycles. The summed E-state index contributed by atoms with van der Waals surface area (Å²) in [6, 6.07) is -0.330. The molecular weight excluding hydrogens is 230 g/mol. The minimum atomic E-state index is -0.698. The number of rotatable bonds is 4. The number of piperidine rings is 1. The van der Waals surface area contributed by atoms with Crippen molar-refractivity contribution < 1.29 is 9.90 Å². The van der Waals surface area contributed by atoms with Crippen LogP contribution in [0.25, 0.3) is 0 Å². The van der Waals surface area contributed by atoms with Crippen molar-refractivity contribution >= 4 is 5.97 Å². The second-order valence-electron chi connectivity index (χ2n) is 4.95. The van der Waals surface area contributed by atoms with Gasteiger partial charge in [-0.1, -0.05) is 13.3 Å². The molecule has 1 aliphatic rings. The number of hydrogen-bond acceptors (Lipinski definition) is 3. The van der Waals surface area contributed by atoms with E-state index in [1.165, 1.54) is 0 Å². The molecule has 5 nitrogen and oxygen atoms in total. The lowest BCUT2D eigenvalue weighted by Gasteiger charge is -2.32. The van der Waals surface area contributed by atoms with E-state index < -0.39 is 5.97 Å². The molecule has 0 aliphatic carbocycles. The lowest BCUT2D eigenvalue weighted by atomic mass is 10.0. The van der Waals surface area contributed by atoms with Crippen molar-refractivity contribution in [1.29, 1.82) is 0 Å². The largest absolute Gasteiger partial charge is 0.480 e. The lowest BCUT2D eigenvalue weighted by molar-refractivity contribution is -0.144. The minimum Gasteiger partial charge on any atom is -0.480 e. The molecule has 2 heterocycles. The molecule has 2 rings (SSSR count). The summed E-state index contributed by atoms with van der Waals surface area (Å²) in [4.78, 5) is 13.3. The monoisotopic (exact) mass is 251 g/mol. The molecule has 1 atom stereocenters. The van der Waals surface area contributed by atoms with Crippen LogP contribution in [0.4, 0.5) is 0 Å². The topological polar surface area (TPSA) is 58.4 Å². The van der Waals surface area contributed by atoms with Crippen LogP contribution >= 0.6 is 0 Å². The van der Waals surface area contributed by atoms with Crippen molar-refractivity contribution in [1.82, 2.24) is 14.7 Å². The number of hydrogen-bond donors (Lipinski definition) is 1. The number of carbonyl (C=O) groups is 1. The summed E-state index contributed by atoms with van der Waals surface area (Å²) in [5.41, 5.74) is 2.24. The molecule has 18 heavy (non-hydrogen) atoms. The van der Waals surface area contributed by atoms with Gasteiger partial charge >= 0.3 is 5.97 Å². The Bertz CT molecular complexity index is 428. The van der Waals surface area contributed by atoms with Crippen molar-refractivity contribution in [2.24, 2.45) is 7.05 Å². The van der Waals surface area contributed by atoms with Gasteiger partial charge in [-0.15, -0.1) is 0 Å². The normalized spacial score (nSPS) is 21.1. The fourth-order valence-electron chi connectivity index (χ4n) is 2.69. The Morgan fingerprint density at radius 2 is 2.33 bits per heavy atom. The predicted molar refractivity (Wildman–Crippen MR) is 68.3 cm³/mol. The highest BCUT2D eigenvalue weighted by Crippen LogP contribution is 2.21. The second kappa shape index (κ2) is 5.52. The Labute approximate surface area is 107 Å². The van der Waals surface area contributed by atoms with Crippen LogP contribution in [-0.2, 0) is 24.8 Å². The zero-order chi connectivity index (χ0) is 13.1. The van der Waals surface area contributed by atoms with Gasteiger partial charge in [0.1, 0.15) is 6.04 Å². The first-order chi connectivity index (χ1) is 8.61. The molecule has 0 spiro atoms. The zero-order valence-corrected chi connectivity index (χ0v) is 11.1. The average molecular weight is 251 g/mol. The second-order valence-corrected chi connectivity index (χ2v) is 4.95. The molecule has 1 unspecified atom stereocenters. The van der Waals surface area contributed by atoms with Crippen LogP contribution in [-0.4, -0.2) is 38.3 Å². The quantitative estimate of drug-likeness (QED) is 0.879. The van der Waals surface area contributed by atoms with Gasteiger partial charge in [-0.3, -0.25) is 14.4 Å². The van der Waals surface area contributed by atoms with E-state index in [1.807, 2.05) is 17.9 Å². The molecule has 100 valence electrons. The summed E-state index contributed by atoms with van der Waals surface area (Å²) in [6.07, 6.45) is 5.76. The first kappa shape index (κ1) is 13.1. The summed E-state index contributed by atoms with van der Waals surface area (Å²) >= 11 is 0. The number of carboxylic acid groups (broad SMARTS) is 1. The van der Waals surface area contributed by atoms with Gasteiger partial charge in [-0.05, 0) is 25.8 Å². The van der Waals surface area contributed by atoms with Crippen molar-refractivity contribution in [2.45, 2.75) is 45.2 Å². The Balaban J connectivity index is 2.13. The first-order valence-electron chi connectivity index (χ1n) is 6.60. The Hall–Kier alpha value is -1.36. The lowest BCUT2D eigenvalue weighted by Crippen LogP contribution is -2.44. The first-order valence-corrected chi connectivity index (χ1v) is 6.60. The molecule has 0 aromatic carbocycles. The molecule has 0 saturated carbocycles. The molecule has 0 radical (unpaired) electrons. The average Bonchev–Trinajstić information content (AvgIpc) is 2.70. The number of carboxylic acids is 1. The Morgan fingerprint density at radius 3 is 3.00 bits per heavy atom. The molecular formula is C13H21N3O2.